The summed E-state index contributed by atoms with van der Waals surface area (Å²) in [5.74, 6) is 0.730. The van der Waals surface area contributed by atoms with Gasteiger partial charge in [-0.3, -0.25) is 4.79 Å². The van der Waals surface area contributed by atoms with E-state index in [0.717, 1.165) is 25.7 Å². The van der Waals surface area contributed by atoms with Gasteiger partial charge >= 0.3 is 5.97 Å². The maximum absolute atomic E-state index is 11.9. The summed E-state index contributed by atoms with van der Waals surface area (Å²) in [5, 5.41) is 9.84. The number of carboxylic acid groups (broad SMARTS) is 1. The van der Waals surface area contributed by atoms with Crippen molar-refractivity contribution in [3.05, 3.63) is 35.4 Å². The topological polar surface area (TPSA) is 37.3 Å². The van der Waals surface area contributed by atoms with E-state index in [9.17, 15) is 9.90 Å². The van der Waals surface area contributed by atoms with Gasteiger partial charge < -0.3 is 5.11 Å². The summed E-state index contributed by atoms with van der Waals surface area (Å²) < 4.78 is 0. The molecule has 0 aliphatic heterocycles. The molecule has 112 valence electrons. The lowest BCUT2D eigenvalue weighted by Crippen LogP contribution is -2.56. The molecule has 5 rings (SSSR count). The molecular weight excluding hydrogens is 260 g/mol. The van der Waals surface area contributed by atoms with Gasteiger partial charge in [0.1, 0.15) is 0 Å². The van der Waals surface area contributed by atoms with Crippen LogP contribution in [-0.4, -0.2) is 11.1 Å². The number of hydrogen-bond donors (Lipinski definition) is 1. The second kappa shape index (κ2) is 4.34. The minimum Gasteiger partial charge on any atom is -0.481 e. The van der Waals surface area contributed by atoms with Crippen LogP contribution in [0.2, 0.25) is 0 Å². The lowest BCUT2D eigenvalue weighted by molar-refractivity contribution is -0.167. The van der Waals surface area contributed by atoms with Crippen LogP contribution >= 0.6 is 0 Å². The molecule has 0 amide bonds. The van der Waals surface area contributed by atoms with E-state index in [4.69, 9.17) is 0 Å². The first kappa shape index (κ1) is 13.4. The quantitative estimate of drug-likeness (QED) is 0.904. The lowest BCUT2D eigenvalue weighted by atomic mass is 9.43. The van der Waals surface area contributed by atoms with Gasteiger partial charge in [-0.2, -0.15) is 0 Å². The Balaban J connectivity index is 1.78. The third-order valence-electron chi connectivity index (χ3n) is 6.46. The largest absolute Gasteiger partial charge is 0.481 e. The number of carbonyl (C=O) groups is 1. The predicted octanol–water partition coefficient (Wildman–Crippen LogP) is 4.17. The van der Waals surface area contributed by atoms with Crippen molar-refractivity contribution in [1.82, 2.24) is 0 Å². The Labute approximate surface area is 126 Å². The molecule has 4 bridgehead atoms. The molecule has 4 fully saturated rings. The van der Waals surface area contributed by atoms with Crippen molar-refractivity contribution >= 4 is 5.97 Å². The average Bonchev–Trinajstić information content (AvgIpc) is 2.46. The van der Waals surface area contributed by atoms with Gasteiger partial charge in [0.2, 0.25) is 0 Å². The van der Waals surface area contributed by atoms with Gasteiger partial charge in [0.25, 0.3) is 0 Å². The van der Waals surface area contributed by atoms with Gasteiger partial charge in [-0.25, -0.2) is 0 Å². The minimum absolute atomic E-state index is 0.146. The summed E-state index contributed by atoms with van der Waals surface area (Å²) in [7, 11) is 0. The third-order valence-corrected chi connectivity index (χ3v) is 6.46. The fourth-order valence-corrected chi connectivity index (χ4v) is 5.97. The minimum atomic E-state index is -0.535. The molecule has 2 unspecified atom stereocenters. The molecule has 4 atom stereocenters. The molecule has 4 aliphatic carbocycles. The standard InChI is InChI=1S/C19H24O2/c1-2-13-4-3-5-16(7-13)18-8-14-6-15(9-18)11-19(10-14,12-18)17(20)21/h3-5,7,14-15H,2,6,8-12H2,1H3,(H,20,21)/t14-,15+,18?,19?. The van der Waals surface area contributed by atoms with Gasteiger partial charge in [-0.15, -0.1) is 0 Å². The van der Waals surface area contributed by atoms with Gasteiger partial charge in [-0.1, -0.05) is 31.2 Å². The number of carboxylic acids is 1. The molecule has 2 heteroatoms. The van der Waals surface area contributed by atoms with Crippen LogP contribution in [0.25, 0.3) is 0 Å². The van der Waals surface area contributed by atoms with Gasteiger partial charge in [-0.05, 0) is 73.3 Å². The Bertz CT molecular complexity index is 575. The molecule has 0 saturated heterocycles. The Morgan fingerprint density at radius 1 is 1.24 bits per heavy atom. The lowest BCUT2D eigenvalue weighted by Gasteiger charge is -2.60. The highest BCUT2D eigenvalue weighted by Crippen LogP contribution is 2.65. The fraction of sp³-hybridized carbons (Fsp3) is 0.632. The van der Waals surface area contributed by atoms with Crippen LogP contribution in [0.1, 0.15) is 56.6 Å². The Morgan fingerprint density at radius 3 is 2.57 bits per heavy atom. The van der Waals surface area contributed by atoms with Crippen LogP contribution in [0.5, 0.6) is 0 Å². The molecular formula is C19H24O2. The van der Waals surface area contributed by atoms with E-state index in [1.54, 1.807) is 0 Å². The van der Waals surface area contributed by atoms with E-state index < -0.39 is 11.4 Å². The van der Waals surface area contributed by atoms with Crippen molar-refractivity contribution in [2.24, 2.45) is 17.3 Å². The number of aryl methyl sites for hydroxylation is 1. The molecule has 0 radical (unpaired) electrons. The highest BCUT2D eigenvalue weighted by atomic mass is 16.4. The van der Waals surface area contributed by atoms with Crippen molar-refractivity contribution in [1.29, 1.82) is 0 Å². The summed E-state index contributed by atoms with van der Waals surface area (Å²) in [4.78, 5) is 11.9. The van der Waals surface area contributed by atoms with E-state index in [-0.39, 0.29) is 5.41 Å². The first-order valence-electron chi connectivity index (χ1n) is 8.38. The summed E-state index contributed by atoms with van der Waals surface area (Å²) in [6, 6.07) is 8.96. The molecule has 0 spiro atoms. The van der Waals surface area contributed by atoms with E-state index >= 15 is 0 Å². The second-order valence-electron chi connectivity index (χ2n) is 7.88. The highest BCUT2D eigenvalue weighted by molar-refractivity contribution is 5.76. The third kappa shape index (κ3) is 1.88. The highest BCUT2D eigenvalue weighted by Gasteiger charge is 2.61. The van der Waals surface area contributed by atoms with Crippen LogP contribution in [0, 0.1) is 17.3 Å². The Kier molecular flexibility index (Phi) is 2.76. The fourth-order valence-electron chi connectivity index (χ4n) is 5.97. The van der Waals surface area contributed by atoms with E-state index in [2.05, 4.69) is 31.2 Å². The Morgan fingerprint density at radius 2 is 1.95 bits per heavy atom. The number of aliphatic carboxylic acids is 1. The number of benzene rings is 1. The van der Waals surface area contributed by atoms with Crippen LogP contribution in [0.3, 0.4) is 0 Å². The van der Waals surface area contributed by atoms with E-state index in [0.29, 0.717) is 11.8 Å². The maximum Gasteiger partial charge on any atom is 0.309 e. The average molecular weight is 284 g/mol. The molecule has 21 heavy (non-hydrogen) atoms. The van der Waals surface area contributed by atoms with Crippen molar-refractivity contribution in [2.75, 3.05) is 0 Å². The van der Waals surface area contributed by atoms with Crippen LogP contribution in [0.4, 0.5) is 0 Å². The van der Waals surface area contributed by atoms with Crippen molar-refractivity contribution in [3.8, 4) is 0 Å². The molecule has 1 aromatic carbocycles. The molecule has 0 heterocycles. The van der Waals surface area contributed by atoms with Gasteiger partial charge in [0, 0.05) is 0 Å². The molecule has 4 aliphatic rings. The smallest absolute Gasteiger partial charge is 0.309 e. The van der Waals surface area contributed by atoms with Crippen molar-refractivity contribution in [3.63, 3.8) is 0 Å². The van der Waals surface area contributed by atoms with E-state index in [1.807, 2.05) is 0 Å². The molecule has 4 saturated carbocycles. The zero-order valence-electron chi connectivity index (χ0n) is 12.8. The SMILES string of the molecule is CCc1cccc(C23C[C@@H]4C[C@@H](CC(C(=O)O)(C4)C2)C3)c1. The summed E-state index contributed by atoms with van der Waals surface area (Å²) >= 11 is 0. The first-order chi connectivity index (χ1) is 10.1. The monoisotopic (exact) mass is 284 g/mol. The summed E-state index contributed by atoms with van der Waals surface area (Å²) in [5.41, 5.74) is 2.52. The molecule has 1 N–H and O–H groups in total. The molecule has 0 aromatic heterocycles. The van der Waals surface area contributed by atoms with Crippen LogP contribution in [-0.2, 0) is 16.6 Å². The predicted molar refractivity (Wildman–Crippen MR) is 82.2 cm³/mol. The summed E-state index contributed by atoms with van der Waals surface area (Å²) in [6.07, 6.45) is 7.47. The number of hydrogen-bond acceptors (Lipinski definition) is 1. The van der Waals surface area contributed by atoms with Crippen LogP contribution < -0.4 is 0 Å². The number of rotatable bonds is 3. The normalized spacial score (nSPS) is 40.4. The first-order valence-corrected chi connectivity index (χ1v) is 8.38. The summed E-state index contributed by atoms with van der Waals surface area (Å²) in [6.45, 7) is 2.19. The Hall–Kier alpha value is -1.31. The van der Waals surface area contributed by atoms with Crippen molar-refractivity contribution < 1.29 is 9.90 Å². The molecule has 1 aromatic rings. The second-order valence-corrected chi connectivity index (χ2v) is 7.88. The van der Waals surface area contributed by atoms with E-state index in [1.165, 1.54) is 30.4 Å². The molecule has 2 nitrogen and oxygen atoms in total. The zero-order chi connectivity index (χ0) is 14.7. The van der Waals surface area contributed by atoms with Crippen LogP contribution in [0.15, 0.2) is 24.3 Å². The maximum atomic E-state index is 11.9. The van der Waals surface area contributed by atoms with Gasteiger partial charge in [0.15, 0.2) is 0 Å². The zero-order valence-corrected chi connectivity index (χ0v) is 12.8. The van der Waals surface area contributed by atoms with Gasteiger partial charge in [0.05, 0.1) is 5.41 Å². The van der Waals surface area contributed by atoms with Crippen molar-refractivity contribution in [2.45, 2.75) is 57.3 Å².